The summed E-state index contributed by atoms with van der Waals surface area (Å²) in [6.07, 6.45) is 7.48. The highest BCUT2D eigenvalue weighted by molar-refractivity contribution is 7.92. The molecule has 26 heavy (non-hydrogen) atoms. The molecule has 0 amide bonds. The van der Waals surface area contributed by atoms with Crippen molar-refractivity contribution >= 4 is 31.6 Å². The van der Waals surface area contributed by atoms with Gasteiger partial charge in [-0.05, 0) is 37.8 Å². The first-order chi connectivity index (χ1) is 12.2. The van der Waals surface area contributed by atoms with E-state index in [9.17, 15) is 16.8 Å². The van der Waals surface area contributed by atoms with Crippen LogP contribution >= 0.6 is 0 Å². The molecule has 1 heterocycles. The highest BCUT2D eigenvalue weighted by Crippen LogP contribution is 2.36. The van der Waals surface area contributed by atoms with Crippen LogP contribution in [0.4, 0.5) is 11.4 Å². The maximum atomic E-state index is 13.3. The molecule has 7 nitrogen and oxygen atoms in total. The molecular weight excluding hydrogens is 374 g/mol. The third-order valence-electron chi connectivity index (χ3n) is 5.23. The summed E-state index contributed by atoms with van der Waals surface area (Å²) in [5.41, 5.74) is 1.78. The van der Waals surface area contributed by atoms with Crippen molar-refractivity contribution in [2.75, 3.05) is 28.9 Å². The largest absolute Gasteiger partial charge is 0.304 e. The summed E-state index contributed by atoms with van der Waals surface area (Å²) in [6, 6.07) is 5.17. The first kappa shape index (κ1) is 19.4. The Bertz CT molecular complexity index is 862. The topological polar surface area (TPSA) is 86.8 Å². The zero-order valence-corrected chi connectivity index (χ0v) is 16.9. The van der Waals surface area contributed by atoms with Crippen molar-refractivity contribution in [1.82, 2.24) is 4.31 Å². The van der Waals surface area contributed by atoms with Crippen LogP contribution in [0, 0.1) is 0 Å². The third-order valence-corrected chi connectivity index (χ3v) is 7.79. The van der Waals surface area contributed by atoms with Gasteiger partial charge >= 0.3 is 10.2 Å². The van der Waals surface area contributed by atoms with Crippen molar-refractivity contribution in [1.29, 1.82) is 0 Å². The van der Waals surface area contributed by atoms with Crippen LogP contribution in [0.2, 0.25) is 0 Å². The molecule has 0 saturated heterocycles. The van der Waals surface area contributed by atoms with E-state index in [1.807, 2.05) is 0 Å². The Kier molecular flexibility index (Phi) is 5.50. The summed E-state index contributed by atoms with van der Waals surface area (Å²) in [6.45, 7) is 0.411. The first-order valence-corrected chi connectivity index (χ1v) is 12.3. The Morgan fingerprint density at radius 2 is 1.77 bits per heavy atom. The van der Waals surface area contributed by atoms with E-state index in [1.165, 1.54) is 8.61 Å². The number of benzene rings is 1. The molecule has 1 N–H and O–H groups in total. The van der Waals surface area contributed by atoms with Gasteiger partial charge in [0.15, 0.2) is 0 Å². The number of hydrogen-bond acceptors (Lipinski definition) is 4. The maximum Gasteiger partial charge on any atom is 0.304 e. The highest BCUT2D eigenvalue weighted by atomic mass is 32.2. The second-order valence-electron chi connectivity index (χ2n) is 7.17. The van der Waals surface area contributed by atoms with Crippen molar-refractivity contribution in [3.8, 4) is 0 Å². The minimum Gasteiger partial charge on any atom is -0.283 e. The fraction of sp³-hybridized carbons (Fsp3) is 0.647. The van der Waals surface area contributed by atoms with Gasteiger partial charge in [-0.1, -0.05) is 25.3 Å². The number of fused-ring (bicyclic) bond motifs is 1. The summed E-state index contributed by atoms with van der Waals surface area (Å²) in [7, 11) is -5.41. The van der Waals surface area contributed by atoms with Gasteiger partial charge in [-0.25, -0.2) is 8.42 Å². The van der Waals surface area contributed by atoms with Crippen LogP contribution in [-0.4, -0.2) is 47.0 Å². The number of nitrogens with one attached hydrogen (secondary N) is 1. The van der Waals surface area contributed by atoms with Crippen LogP contribution in [0.5, 0.6) is 0 Å². The van der Waals surface area contributed by atoms with Gasteiger partial charge in [0, 0.05) is 25.2 Å². The van der Waals surface area contributed by atoms with Crippen LogP contribution in [0.15, 0.2) is 18.2 Å². The van der Waals surface area contributed by atoms with E-state index in [-0.39, 0.29) is 6.04 Å². The smallest absolute Gasteiger partial charge is 0.283 e. The van der Waals surface area contributed by atoms with E-state index in [1.54, 1.807) is 25.2 Å². The summed E-state index contributed by atoms with van der Waals surface area (Å²) in [5, 5.41) is 0. The van der Waals surface area contributed by atoms with Gasteiger partial charge in [-0.15, -0.1) is 0 Å². The van der Waals surface area contributed by atoms with Gasteiger partial charge < -0.3 is 0 Å². The summed E-state index contributed by atoms with van der Waals surface area (Å²) < 4.78 is 55.2. The van der Waals surface area contributed by atoms with E-state index in [2.05, 4.69) is 4.72 Å². The second-order valence-corrected chi connectivity index (χ2v) is 10.8. The zero-order chi connectivity index (χ0) is 18.9. The molecule has 3 rings (SSSR count). The number of sulfonamides is 1. The zero-order valence-electron chi connectivity index (χ0n) is 15.3. The molecule has 9 heteroatoms. The number of anilines is 2. The fourth-order valence-electron chi connectivity index (χ4n) is 3.91. The van der Waals surface area contributed by atoms with Gasteiger partial charge in [-0.3, -0.25) is 9.03 Å². The molecule has 2 aliphatic rings. The Morgan fingerprint density at radius 3 is 2.42 bits per heavy atom. The van der Waals surface area contributed by atoms with Gasteiger partial charge in [0.2, 0.25) is 10.0 Å². The lowest BCUT2D eigenvalue weighted by Gasteiger charge is -2.38. The molecular formula is C17H27N3O4S2. The Hall–Kier alpha value is -1.32. The standard InChI is InChI=1S/C17H27N3O4S2/c1-19(14-8-4-3-5-9-14)26(23,24)20-13-7-10-15-16(18-25(2,21)22)11-6-12-17(15)20/h6,11-12,14,18H,3-5,7-10,13H2,1-2H3. The fourth-order valence-corrected chi connectivity index (χ4v) is 6.18. The Morgan fingerprint density at radius 1 is 1.08 bits per heavy atom. The lowest BCUT2D eigenvalue weighted by Crippen LogP contribution is -2.48. The predicted octanol–water partition coefficient (Wildman–Crippen LogP) is 2.32. The number of nitrogens with zero attached hydrogens (tertiary/aromatic N) is 2. The summed E-state index contributed by atoms with van der Waals surface area (Å²) in [4.78, 5) is 0. The summed E-state index contributed by atoms with van der Waals surface area (Å²) in [5.74, 6) is 0. The molecule has 0 bridgehead atoms. The minimum absolute atomic E-state index is 0.0384. The minimum atomic E-state index is -3.65. The molecule has 0 atom stereocenters. The van der Waals surface area contributed by atoms with Gasteiger partial charge in [0.25, 0.3) is 0 Å². The quantitative estimate of drug-likeness (QED) is 0.820. The average molecular weight is 402 g/mol. The Labute approximate surface area is 156 Å². The van der Waals surface area contributed by atoms with Crippen LogP contribution in [0.1, 0.15) is 44.1 Å². The van der Waals surface area contributed by atoms with Crippen molar-refractivity contribution in [3.63, 3.8) is 0 Å². The monoisotopic (exact) mass is 401 g/mol. The van der Waals surface area contributed by atoms with Crippen LogP contribution in [-0.2, 0) is 26.7 Å². The van der Waals surface area contributed by atoms with Gasteiger partial charge in [0.1, 0.15) is 0 Å². The molecule has 1 saturated carbocycles. The number of hydrogen-bond donors (Lipinski definition) is 1. The average Bonchev–Trinajstić information content (AvgIpc) is 2.60. The predicted molar refractivity (Wildman–Crippen MR) is 104 cm³/mol. The van der Waals surface area contributed by atoms with Crippen molar-refractivity contribution in [2.45, 2.75) is 51.0 Å². The lowest BCUT2D eigenvalue weighted by atomic mass is 9.96. The summed E-state index contributed by atoms with van der Waals surface area (Å²) >= 11 is 0. The van der Waals surface area contributed by atoms with Crippen molar-refractivity contribution in [3.05, 3.63) is 23.8 Å². The molecule has 0 spiro atoms. The molecule has 1 aliphatic carbocycles. The first-order valence-electron chi connectivity index (χ1n) is 9.05. The molecule has 1 fully saturated rings. The lowest BCUT2D eigenvalue weighted by molar-refractivity contribution is 0.285. The number of rotatable bonds is 5. The van der Waals surface area contributed by atoms with E-state index >= 15 is 0 Å². The second kappa shape index (κ2) is 7.36. The van der Waals surface area contributed by atoms with Crippen LogP contribution in [0.25, 0.3) is 0 Å². The highest BCUT2D eigenvalue weighted by Gasteiger charge is 2.35. The van der Waals surface area contributed by atoms with Crippen molar-refractivity contribution in [2.24, 2.45) is 0 Å². The van der Waals surface area contributed by atoms with Crippen molar-refractivity contribution < 1.29 is 16.8 Å². The van der Waals surface area contributed by atoms with E-state index in [0.29, 0.717) is 30.8 Å². The normalized spacial score (nSPS) is 19.4. The molecule has 1 aromatic rings. The Balaban J connectivity index is 1.95. The van der Waals surface area contributed by atoms with Gasteiger partial charge in [0.05, 0.1) is 17.6 Å². The molecule has 1 aromatic carbocycles. The maximum absolute atomic E-state index is 13.3. The van der Waals surface area contributed by atoms with E-state index in [0.717, 1.165) is 43.9 Å². The molecule has 0 radical (unpaired) electrons. The van der Waals surface area contributed by atoms with E-state index in [4.69, 9.17) is 0 Å². The molecule has 1 aliphatic heterocycles. The molecule has 146 valence electrons. The molecule has 0 unspecified atom stereocenters. The SMILES string of the molecule is CN(C1CCCCC1)S(=O)(=O)N1CCCc2c(NS(C)(=O)=O)cccc21. The van der Waals surface area contributed by atoms with Gasteiger partial charge in [-0.2, -0.15) is 12.7 Å². The molecule has 0 aromatic heterocycles. The third kappa shape index (κ3) is 3.99. The van der Waals surface area contributed by atoms with Crippen LogP contribution < -0.4 is 9.03 Å². The van der Waals surface area contributed by atoms with Crippen LogP contribution in [0.3, 0.4) is 0 Å². The van der Waals surface area contributed by atoms with E-state index < -0.39 is 20.2 Å².